The highest BCUT2D eigenvalue weighted by atomic mass is 16.5. The average Bonchev–Trinajstić information content (AvgIpc) is 3.16. The minimum atomic E-state index is -0.481. The normalized spacial score (nSPS) is 17.2. The number of nitrogens with zero attached hydrogens (tertiary/aromatic N) is 2. The molecule has 1 atom stereocenters. The Morgan fingerprint density at radius 3 is 2.88 bits per heavy atom. The number of amides is 2. The van der Waals surface area contributed by atoms with E-state index in [1.807, 2.05) is 30.3 Å². The number of imidazole rings is 1. The molecule has 1 fully saturated rings. The Balaban J connectivity index is 1.72. The van der Waals surface area contributed by atoms with Gasteiger partial charge in [-0.05, 0) is 19.3 Å². The molecule has 132 valence electrons. The van der Waals surface area contributed by atoms with Crippen molar-refractivity contribution in [3.05, 3.63) is 42.2 Å². The summed E-state index contributed by atoms with van der Waals surface area (Å²) in [6.45, 7) is 0.853. The molecule has 2 heterocycles. The van der Waals surface area contributed by atoms with Crippen molar-refractivity contribution in [2.75, 3.05) is 20.2 Å². The van der Waals surface area contributed by atoms with Gasteiger partial charge < -0.3 is 19.9 Å². The molecule has 7 heteroatoms. The predicted molar refractivity (Wildman–Crippen MR) is 93.1 cm³/mol. The lowest BCUT2D eigenvalue weighted by molar-refractivity contribution is 0.0447. The van der Waals surface area contributed by atoms with Gasteiger partial charge in [0, 0.05) is 19.2 Å². The van der Waals surface area contributed by atoms with Gasteiger partial charge in [-0.25, -0.2) is 9.78 Å². The first-order chi connectivity index (χ1) is 12.2. The lowest BCUT2D eigenvalue weighted by Gasteiger charge is -2.34. The van der Waals surface area contributed by atoms with Crippen LogP contribution in [0, 0.1) is 0 Å². The molecule has 2 N–H and O–H groups in total. The number of benzene rings is 1. The van der Waals surface area contributed by atoms with Gasteiger partial charge in [0.25, 0.3) is 5.91 Å². The maximum absolute atomic E-state index is 12.9. The average molecular weight is 342 g/mol. The van der Waals surface area contributed by atoms with Gasteiger partial charge in [0.1, 0.15) is 18.1 Å². The smallest absolute Gasteiger partial charge is 0.406 e. The number of hydrogen-bond donors (Lipinski definition) is 2. The number of carbonyl (C=O) groups is 2. The molecular formula is C18H22N4O3. The molecule has 0 aliphatic carbocycles. The quantitative estimate of drug-likeness (QED) is 0.893. The number of H-pyrrole nitrogens is 1. The third-order valence-corrected chi connectivity index (χ3v) is 4.35. The molecule has 1 aromatic carbocycles. The topological polar surface area (TPSA) is 87.3 Å². The van der Waals surface area contributed by atoms with E-state index in [0.29, 0.717) is 18.1 Å². The van der Waals surface area contributed by atoms with E-state index in [2.05, 4.69) is 15.3 Å². The molecule has 1 saturated heterocycles. The molecule has 1 unspecified atom stereocenters. The third kappa shape index (κ3) is 3.99. The molecule has 3 rings (SSSR count). The number of piperidine rings is 1. The van der Waals surface area contributed by atoms with Crippen molar-refractivity contribution in [2.24, 2.45) is 0 Å². The van der Waals surface area contributed by atoms with E-state index in [1.165, 1.54) is 7.05 Å². The van der Waals surface area contributed by atoms with Crippen molar-refractivity contribution in [3.8, 4) is 11.4 Å². The number of aromatic nitrogens is 2. The number of likely N-dealkylation sites (tertiary alicyclic amines) is 1. The van der Waals surface area contributed by atoms with Gasteiger partial charge in [-0.15, -0.1) is 0 Å². The molecule has 0 radical (unpaired) electrons. The zero-order chi connectivity index (χ0) is 17.6. The van der Waals surface area contributed by atoms with Crippen LogP contribution in [0.2, 0.25) is 0 Å². The monoisotopic (exact) mass is 342 g/mol. The van der Waals surface area contributed by atoms with Crippen LogP contribution in [0.15, 0.2) is 36.5 Å². The summed E-state index contributed by atoms with van der Waals surface area (Å²) in [6, 6.07) is 9.55. The number of aromatic amines is 1. The molecular weight excluding hydrogens is 320 g/mol. The van der Waals surface area contributed by atoms with E-state index in [1.54, 1.807) is 11.1 Å². The van der Waals surface area contributed by atoms with E-state index in [4.69, 9.17) is 4.74 Å². The summed E-state index contributed by atoms with van der Waals surface area (Å²) in [6.07, 6.45) is 3.87. The summed E-state index contributed by atoms with van der Waals surface area (Å²) in [5, 5.41) is 2.42. The van der Waals surface area contributed by atoms with Gasteiger partial charge in [0.05, 0.1) is 12.2 Å². The van der Waals surface area contributed by atoms with E-state index in [0.717, 1.165) is 24.8 Å². The summed E-state index contributed by atoms with van der Waals surface area (Å²) < 4.78 is 5.15. The number of alkyl carbamates (subject to hydrolysis) is 1. The fourth-order valence-corrected chi connectivity index (χ4v) is 3.01. The maximum Gasteiger partial charge on any atom is 0.406 e. The Labute approximate surface area is 146 Å². The van der Waals surface area contributed by atoms with Crippen LogP contribution in [0.3, 0.4) is 0 Å². The van der Waals surface area contributed by atoms with Crippen LogP contribution >= 0.6 is 0 Å². The second kappa shape index (κ2) is 7.83. The van der Waals surface area contributed by atoms with Crippen LogP contribution < -0.4 is 5.32 Å². The first-order valence-corrected chi connectivity index (χ1v) is 8.45. The van der Waals surface area contributed by atoms with Crippen LogP contribution in [-0.2, 0) is 4.74 Å². The standard InChI is InChI=1S/C18H22N4O3/c1-19-18(24)25-12-14-9-5-6-10-22(14)17(23)15-11-20-16(21-15)13-7-3-2-4-8-13/h2-4,7-8,11,14H,5-6,9-10,12H2,1H3,(H,19,24)(H,20,21). The van der Waals surface area contributed by atoms with Crippen molar-refractivity contribution in [3.63, 3.8) is 0 Å². The lowest BCUT2D eigenvalue weighted by Crippen LogP contribution is -2.46. The minimum absolute atomic E-state index is 0.109. The molecule has 0 saturated carbocycles. The highest BCUT2D eigenvalue weighted by Crippen LogP contribution is 2.21. The summed E-state index contributed by atoms with van der Waals surface area (Å²) in [4.78, 5) is 33.4. The Bertz CT molecular complexity index is 729. The van der Waals surface area contributed by atoms with Crippen molar-refractivity contribution in [2.45, 2.75) is 25.3 Å². The van der Waals surface area contributed by atoms with Crippen molar-refractivity contribution >= 4 is 12.0 Å². The van der Waals surface area contributed by atoms with Gasteiger partial charge in [-0.3, -0.25) is 4.79 Å². The van der Waals surface area contributed by atoms with Gasteiger partial charge >= 0.3 is 6.09 Å². The Morgan fingerprint density at radius 1 is 1.32 bits per heavy atom. The lowest BCUT2D eigenvalue weighted by atomic mass is 10.0. The van der Waals surface area contributed by atoms with Crippen molar-refractivity contribution in [1.82, 2.24) is 20.2 Å². The highest BCUT2D eigenvalue weighted by Gasteiger charge is 2.29. The van der Waals surface area contributed by atoms with E-state index >= 15 is 0 Å². The third-order valence-electron chi connectivity index (χ3n) is 4.35. The molecule has 1 aromatic heterocycles. The molecule has 0 bridgehead atoms. The van der Waals surface area contributed by atoms with Crippen LogP contribution in [0.25, 0.3) is 11.4 Å². The minimum Gasteiger partial charge on any atom is -0.447 e. The van der Waals surface area contributed by atoms with Crippen molar-refractivity contribution in [1.29, 1.82) is 0 Å². The summed E-state index contributed by atoms with van der Waals surface area (Å²) in [7, 11) is 1.52. The van der Waals surface area contributed by atoms with E-state index in [9.17, 15) is 9.59 Å². The molecule has 2 amide bonds. The zero-order valence-electron chi connectivity index (χ0n) is 14.2. The van der Waals surface area contributed by atoms with Crippen LogP contribution in [-0.4, -0.2) is 53.1 Å². The fourth-order valence-electron chi connectivity index (χ4n) is 3.01. The summed E-state index contributed by atoms with van der Waals surface area (Å²) in [5.41, 5.74) is 1.38. The van der Waals surface area contributed by atoms with Crippen LogP contribution in [0.4, 0.5) is 4.79 Å². The largest absolute Gasteiger partial charge is 0.447 e. The number of ether oxygens (including phenoxy) is 1. The molecule has 0 spiro atoms. The van der Waals surface area contributed by atoms with Gasteiger partial charge in [-0.1, -0.05) is 30.3 Å². The predicted octanol–water partition coefficient (Wildman–Crippen LogP) is 2.43. The summed E-state index contributed by atoms with van der Waals surface area (Å²) in [5.74, 6) is 0.555. The van der Waals surface area contributed by atoms with E-state index < -0.39 is 6.09 Å². The van der Waals surface area contributed by atoms with Crippen LogP contribution in [0.5, 0.6) is 0 Å². The Morgan fingerprint density at radius 2 is 2.12 bits per heavy atom. The molecule has 2 aromatic rings. The SMILES string of the molecule is CNC(=O)OCC1CCCCN1C(=O)c1cnc(-c2ccccc2)[nH]1. The van der Waals surface area contributed by atoms with Gasteiger partial charge in [0.2, 0.25) is 0 Å². The Kier molecular flexibility index (Phi) is 5.33. The second-order valence-electron chi connectivity index (χ2n) is 6.01. The number of nitrogens with one attached hydrogen (secondary N) is 2. The molecule has 1 aliphatic heterocycles. The van der Waals surface area contributed by atoms with Gasteiger partial charge in [-0.2, -0.15) is 0 Å². The van der Waals surface area contributed by atoms with Gasteiger partial charge in [0.15, 0.2) is 0 Å². The van der Waals surface area contributed by atoms with Crippen molar-refractivity contribution < 1.29 is 14.3 Å². The molecule has 7 nitrogen and oxygen atoms in total. The zero-order valence-corrected chi connectivity index (χ0v) is 14.2. The second-order valence-corrected chi connectivity index (χ2v) is 6.01. The molecule has 1 aliphatic rings. The Hall–Kier alpha value is -2.83. The fraction of sp³-hybridized carbons (Fsp3) is 0.389. The number of carbonyl (C=O) groups excluding carboxylic acids is 2. The first-order valence-electron chi connectivity index (χ1n) is 8.45. The molecule has 25 heavy (non-hydrogen) atoms. The maximum atomic E-state index is 12.9. The number of rotatable bonds is 4. The van der Waals surface area contributed by atoms with E-state index in [-0.39, 0.29) is 18.6 Å². The number of hydrogen-bond acceptors (Lipinski definition) is 4. The highest BCUT2D eigenvalue weighted by molar-refractivity contribution is 5.93. The van der Waals surface area contributed by atoms with Crippen LogP contribution in [0.1, 0.15) is 29.8 Å². The first kappa shape index (κ1) is 17.0. The summed E-state index contributed by atoms with van der Waals surface area (Å²) >= 11 is 0.